The van der Waals surface area contributed by atoms with E-state index in [0.29, 0.717) is 0 Å². The van der Waals surface area contributed by atoms with E-state index in [0.717, 1.165) is 49.6 Å². The van der Waals surface area contributed by atoms with E-state index in [2.05, 4.69) is 22.1 Å². The highest BCUT2D eigenvalue weighted by Crippen LogP contribution is 2.25. The van der Waals surface area contributed by atoms with Crippen LogP contribution in [0.15, 0.2) is 16.8 Å². The number of likely N-dealkylation sites (tertiary alicyclic amines) is 1. The number of piperidine rings is 1. The van der Waals surface area contributed by atoms with Crippen molar-refractivity contribution in [3.8, 4) is 0 Å². The number of aryl methyl sites for hydroxylation is 1. The molecule has 1 atom stereocenters. The summed E-state index contributed by atoms with van der Waals surface area (Å²) in [4.78, 5) is 18.8. The van der Waals surface area contributed by atoms with Crippen molar-refractivity contribution < 1.29 is 4.79 Å². The topological polar surface area (TPSA) is 61.9 Å². The first-order valence-corrected chi connectivity index (χ1v) is 7.95. The number of rotatable bonds is 3. The summed E-state index contributed by atoms with van der Waals surface area (Å²) < 4.78 is 0. The number of thiophene rings is 1. The fourth-order valence-corrected chi connectivity index (χ4v) is 3.22. The second-order valence-corrected chi connectivity index (χ2v) is 5.88. The summed E-state index contributed by atoms with van der Waals surface area (Å²) in [5, 5.41) is 11.1. The smallest absolute Gasteiger partial charge is 0.254 e. The van der Waals surface area contributed by atoms with Gasteiger partial charge in [-0.1, -0.05) is 6.92 Å². The standard InChI is InChI=1S/C14H18N4OS/c1-2-12-15-13(17-16-12)10-4-3-6-18(8-10)14(19)11-5-7-20-9-11/h5,7,9-10H,2-4,6,8H2,1H3,(H,15,16,17). The number of hydrogen-bond donors (Lipinski definition) is 1. The van der Waals surface area contributed by atoms with Crippen LogP contribution < -0.4 is 0 Å². The van der Waals surface area contributed by atoms with Crippen LogP contribution >= 0.6 is 11.3 Å². The maximum absolute atomic E-state index is 12.4. The van der Waals surface area contributed by atoms with Crippen molar-refractivity contribution in [2.75, 3.05) is 13.1 Å². The monoisotopic (exact) mass is 290 g/mol. The number of amides is 1. The molecule has 1 amide bonds. The average molecular weight is 290 g/mol. The first kappa shape index (κ1) is 13.3. The minimum atomic E-state index is 0.127. The molecule has 0 saturated carbocycles. The lowest BCUT2D eigenvalue weighted by atomic mass is 9.97. The molecule has 1 fully saturated rings. The minimum absolute atomic E-state index is 0.127. The minimum Gasteiger partial charge on any atom is -0.338 e. The summed E-state index contributed by atoms with van der Waals surface area (Å²) in [5.41, 5.74) is 0.792. The van der Waals surface area contributed by atoms with Gasteiger partial charge in [0.2, 0.25) is 0 Å². The SMILES string of the molecule is CCc1nc(C2CCCN(C(=O)c3ccsc3)C2)n[nH]1. The fraction of sp³-hybridized carbons (Fsp3) is 0.500. The number of carbonyl (C=O) groups excluding carboxylic acids is 1. The highest BCUT2D eigenvalue weighted by molar-refractivity contribution is 7.08. The Morgan fingerprint density at radius 2 is 2.50 bits per heavy atom. The number of hydrogen-bond acceptors (Lipinski definition) is 4. The number of aromatic nitrogens is 3. The molecule has 5 nitrogen and oxygen atoms in total. The zero-order valence-corrected chi connectivity index (χ0v) is 12.3. The van der Waals surface area contributed by atoms with Crippen molar-refractivity contribution in [1.82, 2.24) is 20.1 Å². The van der Waals surface area contributed by atoms with Gasteiger partial charge in [-0.15, -0.1) is 0 Å². The van der Waals surface area contributed by atoms with Gasteiger partial charge in [-0.2, -0.15) is 16.4 Å². The van der Waals surface area contributed by atoms with Crippen LogP contribution in [-0.4, -0.2) is 39.1 Å². The van der Waals surface area contributed by atoms with Gasteiger partial charge in [0.1, 0.15) is 5.82 Å². The third-order valence-corrected chi connectivity index (χ3v) is 4.41. The Morgan fingerprint density at radius 3 is 3.20 bits per heavy atom. The molecule has 6 heteroatoms. The van der Waals surface area contributed by atoms with Crippen LogP contribution in [0.1, 0.15) is 47.7 Å². The molecule has 0 aliphatic carbocycles. The summed E-state index contributed by atoms with van der Waals surface area (Å²) >= 11 is 1.56. The Kier molecular flexibility index (Phi) is 3.82. The van der Waals surface area contributed by atoms with E-state index in [9.17, 15) is 4.79 Å². The molecule has 1 saturated heterocycles. The lowest BCUT2D eigenvalue weighted by Crippen LogP contribution is -2.39. The lowest BCUT2D eigenvalue weighted by molar-refractivity contribution is 0.0705. The summed E-state index contributed by atoms with van der Waals surface area (Å²) in [6.07, 6.45) is 2.92. The molecule has 3 rings (SSSR count). The number of aromatic amines is 1. The fourth-order valence-electron chi connectivity index (χ4n) is 2.59. The quantitative estimate of drug-likeness (QED) is 0.944. The van der Waals surface area contributed by atoms with E-state index in [-0.39, 0.29) is 11.8 Å². The molecule has 0 radical (unpaired) electrons. The number of nitrogens with one attached hydrogen (secondary N) is 1. The van der Waals surface area contributed by atoms with Gasteiger partial charge >= 0.3 is 0 Å². The third kappa shape index (κ3) is 2.60. The van der Waals surface area contributed by atoms with Crippen molar-refractivity contribution in [3.63, 3.8) is 0 Å². The van der Waals surface area contributed by atoms with Crippen LogP contribution in [0.5, 0.6) is 0 Å². The summed E-state index contributed by atoms with van der Waals surface area (Å²) in [7, 11) is 0. The van der Waals surface area contributed by atoms with E-state index >= 15 is 0 Å². The summed E-state index contributed by atoms with van der Waals surface area (Å²) in [6.45, 7) is 3.60. The van der Waals surface area contributed by atoms with Crippen LogP contribution in [-0.2, 0) is 6.42 Å². The zero-order valence-electron chi connectivity index (χ0n) is 11.5. The molecule has 3 heterocycles. The van der Waals surface area contributed by atoms with Gasteiger partial charge < -0.3 is 4.90 Å². The predicted molar refractivity (Wildman–Crippen MR) is 78.0 cm³/mol. The van der Waals surface area contributed by atoms with E-state index in [4.69, 9.17) is 0 Å². The van der Waals surface area contributed by atoms with E-state index in [1.807, 2.05) is 21.7 Å². The highest BCUT2D eigenvalue weighted by atomic mass is 32.1. The Morgan fingerprint density at radius 1 is 1.60 bits per heavy atom. The van der Waals surface area contributed by atoms with Crippen LogP contribution in [0, 0.1) is 0 Å². The van der Waals surface area contributed by atoms with Crippen LogP contribution in [0.25, 0.3) is 0 Å². The number of H-pyrrole nitrogens is 1. The first-order valence-electron chi connectivity index (χ1n) is 7.00. The van der Waals surface area contributed by atoms with Crippen LogP contribution in [0.4, 0.5) is 0 Å². The van der Waals surface area contributed by atoms with E-state index in [1.54, 1.807) is 11.3 Å². The maximum Gasteiger partial charge on any atom is 0.254 e. The molecule has 1 unspecified atom stereocenters. The van der Waals surface area contributed by atoms with E-state index in [1.165, 1.54) is 0 Å². The lowest BCUT2D eigenvalue weighted by Gasteiger charge is -2.31. The third-order valence-electron chi connectivity index (χ3n) is 3.73. The molecule has 2 aromatic rings. The molecule has 0 spiro atoms. The van der Waals surface area contributed by atoms with Crippen LogP contribution in [0.3, 0.4) is 0 Å². The second-order valence-electron chi connectivity index (χ2n) is 5.10. The van der Waals surface area contributed by atoms with Gasteiger partial charge in [-0.3, -0.25) is 9.89 Å². The zero-order chi connectivity index (χ0) is 13.9. The largest absolute Gasteiger partial charge is 0.338 e. The van der Waals surface area contributed by atoms with Gasteiger partial charge in [0.15, 0.2) is 5.82 Å². The molecular weight excluding hydrogens is 272 g/mol. The molecule has 2 aromatic heterocycles. The van der Waals surface area contributed by atoms with Crippen molar-refractivity contribution >= 4 is 17.2 Å². The summed E-state index contributed by atoms with van der Waals surface area (Å²) in [5.74, 6) is 2.15. The molecule has 106 valence electrons. The normalized spacial score (nSPS) is 19.2. The first-order chi connectivity index (χ1) is 9.78. The van der Waals surface area contributed by atoms with Crippen molar-refractivity contribution in [3.05, 3.63) is 34.0 Å². The average Bonchev–Trinajstić information content (AvgIpc) is 3.17. The van der Waals surface area contributed by atoms with Gasteiger partial charge in [-0.25, -0.2) is 4.98 Å². The molecule has 1 aliphatic heterocycles. The highest BCUT2D eigenvalue weighted by Gasteiger charge is 2.27. The predicted octanol–water partition coefficient (Wildman–Crippen LogP) is 2.45. The van der Waals surface area contributed by atoms with Crippen molar-refractivity contribution in [1.29, 1.82) is 0 Å². The van der Waals surface area contributed by atoms with E-state index < -0.39 is 0 Å². The number of carbonyl (C=O) groups is 1. The molecule has 1 aliphatic rings. The van der Waals surface area contributed by atoms with Gasteiger partial charge in [-0.05, 0) is 24.3 Å². The Bertz CT molecular complexity index is 578. The Labute approximate surface area is 122 Å². The number of nitrogens with zero attached hydrogens (tertiary/aromatic N) is 3. The summed E-state index contributed by atoms with van der Waals surface area (Å²) in [6, 6.07) is 1.89. The van der Waals surface area contributed by atoms with Gasteiger partial charge in [0.25, 0.3) is 5.91 Å². The Hall–Kier alpha value is -1.69. The van der Waals surface area contributed by atoms with Gasteiger partial charge in [0.05, 0.1) is 5.56 Å². The molecule has 20 heavy (non-hydrogen) atoms. The van der Waals surface area contributed by atoms with Crippen molar-refractivity contribution in [2.45, 2.75) is 32.1 Å². The van der Waals surface area contributed by atoms with Crippen molar-refractivity contribution in [2.24, 2.45) is 0 Å². The second kappa shape index (κ2) is 5.75. The van der Waals surface area contributed by atoms with Crippen LogP contribution in [0.2, 0.25) is 0 Å². The Balaban J connectivity index is 1.71. The van der Waals surface area contributed by atoms with Gasteiger partial charge in [0, 0.05) is 30.8 Å². The molecular formula is C14H18N4OS. The molecule has 0 aromatic carbocycles. The maximum atomic E-state index is 12.4. The molecule has 0 bridgehead atoms. The molecule has 1 N–H and O–H groups in total.